The van der Waals surface area contributed by atoms with Crippen LogP contribution in [0.15, 0.2) is 18.3 Å². The summed E-state index contributed by atoms with van der Waals surface area (Å²) in [6, 6.07) is 3.92. The fourth-order valence-corrected chi connectivity index (χ4v) is 1.74. The number of aromatic nitrogens is 1. The minimum absolute atomic E-state index is 0.0283. The molecule has 0 unspecified atom stereocenters. The van der Waals surface area contributed by atoms with Gasteiger partial charge in [-0.15, -0.1) is 0 Å². The highest BCUT2D eigenvalue weighted by Gasteiger charge is 2.19. The number of hydrogen-bond donors (Lipinski definition) is 1. The first-order valence-electron chi connectivity index (χ1n) is 4.92. The van der Waals surface area contributed by atoms with Crippen LogP contribution in [0.2, 0.25) is 0 Å². The molecule has 1 aliphatic carbocycles. The van der Waals surface area contributed by atoms with Crippen LogP contribution in [-0.4, -0.2) is 16.1 Å². The normalized spacial score (nSPS) is 16.3. The van der Waals surface area contributed by atoms with E-state index in [2.05, 4.69) is 4.98 Å². The Morgan fingerprint density at radius 1 is 1.57 bits per heavy atom. The van der Waals surface area contributed by atoms with Crippen LogP contribution in [0.3, 0.4) is 0 Å². The van der Waals surface area contributed by atoms with Crippen LogP contribution in [0.25, 0.3) is 0 Å². The molecule has 0 bridgehead atoms. The van der Waals surface area contributed by atoms with Crippen molar-refractivity contribution in [1.82, 2.24) is 4.98 Å². The minimum atomic E-state index is -0.816. The quantitative estimate of drug-likeness (QED) is 0.794. The predicted molar refractivity (Wildman–Crippen MR) is 52.2 cm³/mol. The van der Waals surface area contributed by atoms with Crippen molar-refractivity contribution in [3.8, 4) is 0 Å². The van der Waals surface area contributed by atoms with E-state index in [9.17, 15) is 4.79 Å². The van der Waals surface area contributed by atoms with Crippen LogP contribution < -0.4 is 0 Å². The summed E-state index contributed by atoms with van der Waals surface area (Å²) in [5.41, 5.74) is 1.92. The van der Waals surface area contributed by atoms with E-state index in [1.165, 1.54) is 24.8 Å². The van der Waals surface area contributed by atoms with Gasteiger partial charge in [0.15, 0.2) is 0 Å². The number of carboxylic acids is 1. The molecule has 14 heavy (non-hydrogen) atoms. The summed E-state index contributed by atoms with van der Waals surface area (Å²) in [4.78, 5) is 14.5. The Balaban J connectivity index is 2.13. The Kier molecular flexibility index (Phi) is 2.48. The zero-order valence-corrected chi connectivity index (χ0v) is 7.94. The molecule has 1 aromatic heterocycles. The molecule has 0 atom stereocenters. The van der Waals surface area contributed by atoms with Gasteiger partial charge in [0.1, 0.15) is 0 Å². The zero-order chi connectivity index (χ0) is 9.97. The second-order valence-corrected chi connectivity index (χ2v) is 3.78. The first-order valence-corrected chi connectivity index (χ1v) is 4.92. The van der Waals surface area contributed by atoms with Crippen LogP contribution in [0, 0.1) is 0 Å². The number of aliphatic carboxylic acids is 1. The molecule has 1 fully saturated rings. The van der Waals surface area contributed by atoms with Gasteiger partial charge in [-0.25, -0.2) is 0 Å². The van der Waals surface area contributed by atoms with Crippen molar-refractivity contribution >= 4 is 5.97 Å². The average Bonchev–Trinajstić information content (AvgIpc) is 1.99. The lowest BCUT2D eigenvalue weighted by atomic mass is 9.80. The van der Waals surface area contributed by atoms with E-state index in [0.717, 1.165) is 0 Å². The van der Waals surface area contributed by atoms with E-state index in [1.54, 1.807) is 6.20 Å². The average molecular weight is 191 g/mol. The Labute approximate surface area is 82.8 Å². The Hall–Kier alpha value is -1.38. The Morgan fingerprint density at radius 3 is 2.93 bits per heavy atom. The van der Waals surface area contributed by atoms with Crippen molar-refractivity contribution in [2.45, 2.75) is 31.6 Å². The number of nitrogens with zero attached hydrogens (tertiary/aromatic N) is 1. The molecule has 1 aromatic rings. The SMILES string of the molecule is O=C(O)Cc1cc(C2CCC2)ccn1. The molecule has 0 saturated heterocycles. The molecule has 0 aliphatic heterocycles. The molecule has 3 heteroatoms. The van der Waals surface area contributed by atoms with E-state index >= 15 is 0 Å². The number of hydrogen-bond acceptors (Lipinski definition) is 2. The fourth-order valence-electron chi connectivity index (χ4n) is 1.74. The highest BCUT2D eigenvalue weighted by Crippen LogP contribution is 2.36. The van der Waals surface area contributed by atoms with Crippen LogP contribution in [0.1, 0.15) is 36.4 Å². The van der Waals surface area contributed by atoms with E-state index < -0.39 is 5.97 Å². The van der Waals surface area contributed by atoms with E-state index in [0.29, 0.717) is 11.6 Å². The van der Waals surface area contributed by atoms with Crippen molar-refractivity contribution in [3.05, 3.63) is 29.6 Å². The lowest BCUT2D eigenvalue weighted by Gasteiger charge is -2.25. The molecule has 3 nitrogen and oxygen atoms in total. The summed E-state index contributed by atoms with van der Waals surface area (Å²) in [7, 11) is 0. The maximum atomic E-state index is 10.5. The van der Waals surface area contributed by atoms with Crippen molar-refractivity contribution in [2.24, 2.45) is 0 Å². The number of carbonyl (C=O) groups is 1. The lowest BCUT2D eigenvalue weighted by Crippen LogP contribution is -2.10. The third kappa shape index (κ3) is 1.92. The van der Waals surface area contributed by atoms with Gasteiger partial charge in [0.2, 0.25) is 0 Å². The molecule has 0 radical (unpaired) electrons. The molecular weight excluding hydrogens is 178 g/mol. The summed E-state index contributed by atoms with van der Waals surface area (Å²) in [5, 5.41) is 8.63. The van der Waals surface area contributed by atoms with E-state index in [4.69, 9.17) is 5.11 Å². The minimum Gasteiger partial charge on any atom is -0.481 e. The van der Waals surface area contributed by atoms with Crippen molar-refractivity contribution in [2.75, 3.05) is 0 Å². The van der Waals surface area contributed by atoms with Gasteiger partial charge >= 0.3 is 5.97 Å². The van der Waals surface area contributed by atoms with Crippen molar-refractivity contribution < 1.29 is 9.90 Å². The van der Waals surface area contributed by atoms with E-state index in [-0.39, 0.29) is 6.42 Å². The maximum Gasteiger partial charge on any atom is 0.309 e. The summed E-state index contributed by atoms with van der Waals surface area (Å²) in [5.74, 6) is -0.172. The first-order chi connectivity index (χ1) is 6.75. The number of pyridine rings is 1. The van der Waals surface area contributed by atoms with Gasteiger partial charge in [0.25, 0.3) is 0 Å². The third-order valence-corrected chi connectivity index (χ3v) is 2.75. The molecule has 1 N–H and O–H groups in total. The second-order valence-electron chi connectivity index (χ2n) is 3.78. The summed E-state index contributed by atoms with van der Waals surface area (Å²) in [6.45, 7) is 0. The van der Waals surface area contributed by atoms with Gasteiger partial charge in [0.05, 0.1) is 12.1 Å². The van der Waals surface area contributed by atoms with Crippen LogP contribution in [-0.2, 0) is 11.2 Å². The molecular formula is C11H13NO2. The predicted octanol–water partition coefficient (Wildman–Crippen LogP) is 1.98. The molecule has 0 amide bonds. The van der Waals surface area contributed by atoms with Crippen molar-refractivity contribution in [3.63, 3.8) is 0 Å². The maximum absolute atomic E-state index is 10.5. The zero-order valence-electron chi connectivity index (χ0n) is 7.94. The molecule has 1 saturated carbocycles. The Bertz CT molecular complexity index is 345. The summed E-state index contributed by atoms with van der Waals surface area (Å²) >= 11 is 0. The molecule has 0 spiro atoms. The van der Waals surface area contributed by atoms with Gasteiger partial charge in [-0.05, 0) is 36.5 Å². The molecule has 0 aromatic carbocycles. The summed E-state index contributed by atoms with van der Waals surface area (Å²) in [6.07, 6.45) is 5.50. The standard InChI is InChI=1S/C11H13NO2/c13-11(14)7-10-6-9(4-5-12-10)8-2-1-3-8/h4-6,8H,1-3,7H2,(H,13,14). The summed E-state index contributed by atoms with van der Waals surface area (Å²) < 4.78 is 0. The van der Waals surface area contributed by atoms with Gasteiger partial charge < -0.3 is 5.11 Å². The van der Waals surface area contributed by atoms with E-state index in [1.807, 2.05) is 12.1 Å². The van der Waals surface area contributed by atoms with Crippen LogP contribution in [0.5, 0.6) is 0 Å². The Morgan fingerprint density at radius 2 is 2.36 bits per heavy atom. The highest BCUT2D eigenvalue weighted by molar-refractivity contribution is 5.69. The number of carboxylic acid groups (broad SMARTS) is 1. The largest absolute Gasteiger partial charge is 0.481 e. The topological polar surface area (TPSA) is 50.2 Å². The molecule has 2 rings (SSSR count). The number of rotatable bonds is 3. The molecule has 1 aliphatic rings. The highest BCUT2D eigenvalue weighted by atomic mass is 16.4. The molecule has 1 heterocycles. The monoisotopic (exact) mass is 191 g/mol. The fraction of sp³-hybridized carbons (Fsp3) is 0.455. The first kappa shape index (κ1) is 9.19. The van der Waals surface area contributed by atoms with Gasteiger partial charge in [-0.1, -0.05) is 6.42 Å². The van der Waals surface area contributed by atoms with Gasteiger partial charge in [0, 0.05) is 6.20 Å². The third-order valence-electron chi connectivity index (χ3n) is 2.75. The second kappa shape index (κ2) is 3.78. The van der Waals surface area contributed by atoms with Crippen molar-refractivity contribution in [1.29, 1.82) is 0 Å². The van der Waals surface area contributed by atoms with Gasteiger partial charge in [-0.3, -0.25) is 9.78 Å². The molecule has 74 valence electrons. The smallest absolute Gasteiger partial charge is 0.309 e. The van der Waals surface area contributed by atoms with Crippen LogP contribution in [0.4, 0.5) is 0 Å². The van der Waals surface area contributed by atoms with Crippen LogP contribution >= 0.6 is 0 Å². The lowest BCUT2D eigenvalue weighted by molar-refractivity contribution is -0.136. The van der Waals surface area contributed by atoms with Gasteiger partial charge in [-0.2, -0.15) is 0 Å².